The van der Waals surface area contributed by atoms with Crippen molar-refractivity contribution in [3.05, 3.63) is 24.2 Å². The number of esters is 1. The van der Waals surface area contributed by atoms with Gasteiger partial charge in [-0.15, -0.1) is 0 Å². The molecule has 0 bridgehead atoms. The molecule has 9 heteroatoms. The van der Waals surface area contributed by atoms with Crippen molar-refractivity contribution in [2.45, 2.75) is 56.3 Å². The van der Waals surface area contributed by atoms with Gasteiger partial charge in [0.05, 0.1) is 17.9 Å². The third kappa shape index (κ3) is 3.72. The highest BCUT2D eigenvalue weighted by Crippen LogP contribution is 2.39. The summed E-state index contributed by atoms with van der Waals surface area (Å²) in [5.74, 6) is 0.561. The molecule has 2 aromatic rings. The van der Waals surface area contributed by atoms with Gasteiger partial charge in [-0.3, -0.25) is 9.79 Å². The number of fused-ring (bicyclic) bond motifs is 1. The number of hydrogen-bond donors (Lipinski definition) is 2. The Morgan fingerprint density at radius 3 is 3.03 bits per heavy atom. The number of aromatic nitrogens is 3. The number of anilines is 1. The van der Waals surface area contributed by atoms with Crippen molar-refractivity contribution in [1.29, 1.82) is 0 Å². The van der Waals surface area contributed by atoms with Crippen LogP contribution in [0.5, 0.6) is 0 Å². The van der Waals surface area contributed by atoms with Crippen LogP contribution in [-0.4, -0.2) is 57.8 Å². The van der Waals surface area contributed by atoms with Gasteiger partial charge in [0.15, 0.2) is 11.4 Å². The molecular weight excluding hydrogens is 374 g/mol. The Morgan fingerprint density at radius 1 is 1.48 bits per heavy atom. The Labute approximate surface area is 168 Å². The highest BCUT2D eigenvalue weighted by molar-refractivity contribution is 5.75. The van der Waals surface area contributed by atoms with E-state index >= 15 is 0 Å². The van der Waals surface area contributed by atoms with Crippen LogP contribution in [0.1, 0.15) is 44.2 Å². The molecule has 0 unspecified atom stereocenters. The van der Waals surface area contributed by atoms with E-state index in [1.54, 1.807) is 29.9 Å². The highest BCUT2D eigenvalue weighted by atomic mass is 16.6. The quantitative estimate of drug-likeness (QED) is 0.555. The molecule has 0 spiro atoms. The van der Waals surface area contributed by atoms with Crippen LogP contribution in [-0.2, 0) is 19.9 Å². The Hall–Kier alpha value is -2.52. The Balaban J connectivity index is 1.50. The number of aliphatic hydroxyl groups excluding tert-OH is 1. The fourth-order valence-electron chi connectivity index (χ4n) is 4.48. The molecule has 0 radical (unpaired) electrons. The van der Waals surface area contributed by atoms with E-state index in [2.05, 4.69) is 15.1 Å². The number of nitrogens with two attached hydrogens (primary N) is 1. The summed E-state index contributed by atoms with van der Waals surface area (Å²) < 4.78 is 13.3. The molecule has 2 aliphatic rings. The predicted octanol–water partition coefficient (Wildman–Crippen LogP) is 1.48. The van der Waals surface area contributed by atoms with Crippen LogP contribution in [0.4, 0.5) is 5.82 Å². The zero-order chi connectivity index (χ0) is 20.4. The molecule has 0 amide bonds. The molecular formula is C20H27N5O4. The van der Waals surface area contributed by atoms with Gasteiger partial charge in [-0.25, -0.2) is 9.50 Å². The molecule has 1 saturated carbocycles. The molecule has 1 aliphatic carbocycles. The van der Waals surface area contributed by atoms with Gasteiger partial charge in [0, 0.05) is 26.1 Å². The molecule has 156 valence electrons. The molecule has 3 N–H and O–H groups in total. The van der Waals surface area contributed by atoms with E-state index in [1.165, 1.54) is 19.2 Å². The first-order chi connectivity index (χ1) is 14.0. The lowest BCUT2D eigenvalue weighted by atomic mass is 9.94. The number of rotatable bonds is 6. The summed E-state index contributed by atoms with van der Waals surface area (Å²) in [7, 11) is 1.62. The Bertz CT molecular complexity index is 907. The number of nitrogens with zero attached hydrogens (tertiary/aromatic N) is 4. The Morgan fingerprint density at radius 2 is 2.28 bits per heavy atom. The van der Waals surface area contributed by atoms with Crippen LogP contribution in [0.25, 0.3) is 5.52 Å². The third-order valence-corrected chi connectivity index (χ3v) is 5.91. The van der Waals surface area contributed by atoms with Crippen molar-refractivity contribution >= 4 is 23.5 Å². The molecule has 29 heavy (non-hydrogen) atoms. The topological polar surface area (TPSA) is 124 Å². The maximum Gasteiger partial charge on any atom is 0.306 e. The van der Waals surface area contributed by atoms with Crippen molar-refractivity contribution in [2.24, 2.45) is 10.9 Å². The van der Waals surface area contributed by atoms with E-state index in [-0.39, 0.29) is 12.6 Å². The SMILES string of the molecule is C/N=C\[C@@]1(c2ccc3c(N)ncnn23)O[C@H](COC(=O)CC2CCCC2)C[C@H]1O. The largest absolute Gasteiger partial charge is 0.463 e. The maximum atomic E-state index is 12.2. The summed E-state index contributed by atoms with van der Waals surface area (Å²) in [5, 5.41) is 15.1. The first-order valence-electron chi connectivity index (χ1n) is 10.1. The second-order valence-electron chi connectivity index (χ2n) is 7.87. The second-order valence-corrected chi connectivity index (χ2v) is 7.87. The van der Waals surface area contributed by atoms with Crippen LogP contribution >= 0.6 is 0 Å². The number of aliphatic hydroxyl groups is 1. The molecule has 1 aliphatic heterocycles. The number of carbonyl (C=O) groups excluding carboxylic acids is 1. The summed E-state index contributed by atoms with van der Waals surface area (Å²) in [4.78, 5) is 20.3. The van der Waals surface area contributed by atoms with Crippen molar-refractivity contribution in [2.75, 3.05) is 19.4 Å². The number of aliphatic imine (C=N–C) groups is 1. The highest BCUT2D eigenvalue weighted by Gasteiger charge is 2.50. The smallest absolute Gasteiger partial charge is 0.306 e. The van der Waals surface area contributed by atoms with E-state index in [4.69, 9.17) is 15.2 Å². The van der Waals surface area contributed by atoms with Crippen LogP contribution in [0.2, 0.25) is 0 Å². The zero-order valence-corrected chi connectivity index (χ0v) is 16.5. The number of nitrogen functional groups attached to an aromatic ring is 1. The third-order valence-electron chi connectivity index (χ3n) is 5.91. The number of carbonyl (C=O) groups is 1. The average molecular weight is 401 g/mol. The van der Waals surface area contributed by atoms with Crippen molar-refractivity contribution in [3.8, 4) is 0 Å². The van der Waals surface area contributed by atoms with Crippen LogP contribution in [0, 0.1) is 5.92 Å². The van der Waals surface area contributed by atoms with Crippen LogP contribution in [0.15, 0.2) is 23.5 Å². The van der Waals surface area contributed by atoms with Gasteiger partial charge in [0.25, 0.3) is 0 Å². The van der Waals surface area contributed by atoms with Gasteiger partial charge >= 0.3 is 5.97 Å². The van der Waals surface area contributed by atoms with Crippen LogP contribution in [0.3, 0.4) is 0 Å². The minimum absolute atomic E-state index is 0.0996. The lowest BCUT2D eigenvalue weighted by Gasteiger charge is -2.28. The van der Waals surface area contributed by atoms with Crippen molar-refractivity contribution in [3.63, 3.8) is 0 Å². The molecule has 2 fully saturated rings. The molecule has 3 atom stereocenters. The Kier molecular flexibility index (Phi) is 5.51. The lowest BCUT2D eigenvalue weighted by molar-refractivity contribution is -0.149. The summed E-state index contributed by atoms with van der Waals surface area (Å²) >= 11 is 0. The molecule has 2 aromatic heterocycles. The minimum atomic E-state index is -1.20. The molecule has 4 rings (SSSR count). The first-order valence-corrected chi connectivity index (χ1v) is 10.1. The lowest BCUT2D eigenvalue weighted by Crippen LogP contribution is -2.40. The van der Waals surface area contributed by atoms with Crippen LogP contribution < -0.4 is 5.73 Å². The normalized spacial score (nSPS) is 27.9. The number of hydrogen-bond acceptors (Lipinski definition) is 8. The summed E-state index contributed by atoms with van der Waals surface area (Å²) in [6.07, 6.45) is 6.94. The van der Waals surface area contributed by atoms with Gasteiger partial charge in [-0.1, -0.05) is 12.8 Å². The second kappa shape index (κ2) is 8.08. The minimum Gasteiger partial charge on any atom is -0.463 e. The standard InChI is InChI=1S/C20H27N5O4/c1-22-11-20(16-7-6-15-19(21)23-12-24-25(15)16)17(26)9-14(29-20)10-28-18(27)8-13-4-2-3-5-13/h6-7,11-14,17,26H,2-5,8-10H2,1H3,(H2,21,23,24)/b22-11-/t14-,17+,20-/m0/s1. The molecule has 0 aromatic carbocycles. The zero-order valence-electron chi connectivity index (χ0n) is 16.5. The van der Waals surface area contributed by atoms with E-state index < -0.39 is 17.8 Å². The van der Waals surface area contributed by atoms with Gasteiger partial charge in [-0.2, -0.15) is 5.10 Å². The summed E-state index contributed by atoms with van der Waals surface area (Å²) in [6.45, 7) is 0.0996. The first kappa shape index (κ1) is 19.8. The number of ether oxygens (including phenoxy) is 2. The maximum absolute atomic E-state index is 12.2. The average Bonchev–Trinajstić information content (AvgIpc) is 3.41. The fourth-order valence-corrected chi connectivity index (χ4v) is 4.48. The van der Waals surface area contributed by atoms with Gasteiger partial charge in [0.2, 0.25) is 0 Å². The van der Waals surface area contributed by atoms with Crippen molar-refractivity contribution < 1.29 is 19.4 Å². The summed E-state index contributed by atoms with van der Waals surface area (Å²) in [6, 6.07) is 3.57. The molecule has 9 nitrogen and oxygen atoms in total. The predicted molar refractivity (Wildman–Crippen MR) is 107 cm³/mol. The van der Waals surface area contributed by atoms with E-state index in [1.807, 2.05) is 0 Å². The fraction of sp³-hybridized carbons (Fsp3) is 0.600. The monoisotopic (exact) mass is 401 g/mol. The van der Waals surface area contributed by atoms with Gasteiger partial charge in [-0.05, 0) is 30.9 Å². The van der Waals surface area contributed by atoms with E-state index in [0.29, 0.717) is 35.8 Å². The molecule has 3 heterocycles. The van der Waals surface area contributed by atoms with E-state index in [9.17, 15) is 9.90 Å². The van der Waals surface area contributed by atoms with E-state index in [0.717, 1.165) is 12.8 Å². The van der Waals surface area contributed by atoms with Crippen molar-refractivity contribution in [1.82, 2.24) is 14.6 Å². The van der Waals surface area contributed by atoms with Gasteiger partial charge in [0.1, 0.15) is 18.5 Å². The molecule has 1 saturated heterocycles. The van der Waals surface area contributed by atoms with Gasteiger partial charge < -0.3 is 20.3 Å². The summed E-state index contributed by atoms with van der Waals surface area (Å²) in [5.41, 5.74) is 5.94.